The summed E-state index contributed by atoms with van der Waals surface area (Å²) in [5.74, 6) is 1.36. The number of piperazine rings is 1. The monoisotopic (exact) mass is 269 g/mol. The molecule has 0 spiro atoms. The van der Waals surface area contributed by atoms with Crippen LogP contribution in [0.1, 0.15) is 40.5 Å². The quantitative estimate of drug-likeness (QED) is 0.796. The molecule has 0 radical (unpaired) electrons. The van der Waals surface area contributed by atoms with Crippen LogP contribution >= 0.6 is 0 Å². The normalized spacial score (nSPS) is 19.2. The summed E-state index contributed by atoms with van der Waals surface area (Å²) in [5.41, 5.74) is 5.98. The van der Waals surface area contributed by atoms with Crippen LogP contribution in [0.25, 0.3) is 0 Å². The van der Waals surface area contributed by atoms with E-state index in [4.69, 9.17) is 5.73 Å². The molecule has 0 aromatic heterocycles. The lowest BCUT2D eigenvalue weighted by Gasteiger charge is -2.36. The van der Waals surface area contributed by atoms with Crippen molar-refractivity contribution in [1.29, 1.82) is 0 Å². The Hall–Kier alpha value is -0.610. The lowest BCUT2D eigenvalue weighted by Crippen LogP contribution is -2.53. The average Bonchev–Trinajstić information content (AvgIpc) is 2.35. The molecule has 4 nitrogen and oxygen atoms in total. The van der Waals surface area contributed by atoms with Gasteiger partial charge in [-0.2, -0.15) is 0 Å². The standard InChI is InChI=1S/C15H31N3O/c1-12(2)5-6-17-7-9-18(10-8-17)15(19)14(16)11-13(3)4/h12-14H,5-11,16H2,1-4H3/t14-/m1/s1. The Kier molecular flexibility index (Phi) is 6.80. The molecule has 2 N–H and O–H groups in total. The Labute approximate surface area is 118 Å². The van der Waals surface area contributed by atoms with Crippen LogP contribution in [0, 0.1) is 11.8 Å². The first kappa shape index (κ1) is 16.4. The first-order valence-corrected chi connectivity index (χ1v) is 7.67. The Balaban J connectivity index is 2.30. The highest BCUT2D eigenvalue weighted by atomic mass is 16.2. The summed E-state index contributed by atoms with van der Waals surface area (Å²) in [6.07, 6.45) is 2.02. The van der Waals surface area contributed by atoms with Gasteiger partial charge in [0.25, 0.3) is 0 Å². The van der Waals surface area contributed by atoms with Gasteiger partial charge < -0.3 is 10.6 Å². The highest BCUT2D eigenvalue weighted by Gasteiger charge is 2.25. The third-order valence-corrected chi connectivity index (χ3v) is 3.75. The Morgan fingerprint density at radius 2 is 1.63 bits per heavy atom. The zero-order chi connectivity index (χ0) is 14.4. The van der Waals surface area contributed by atoms with Crippen molar-refractivity contribution in [2.45, 2.75) is 46.6 Å². The Bertz CT molecular complexity index is 271. The number of carbonyl (C=O) groups is 1. The predicted molar refractivity (Wildman–Crippen MR) is 79.9 cm³/mol. The highest BCUT2D eigenvalue weighted by molar-refractivity contribution is 5.81. The van der Waals surface area contributed by atoms with Gasteiger partial charge >= 0.3 is 0 Å². The van der Waals surface area contributed by atoms with Crippen molar-refractivity contribution < 1.29 is 4.79 Å². The molecule has 0 saturated carbocycles. The minimum Gasteiger partial charge on any atom is -0.339 e. The van der Waals surface area contributed by atoms with Gasteiger partial charge in [-0.25, -0.2) is 0 Å². The van der Waals surface area contributed by atoms with E-state index in [1.165, 1.54) is 6.42 Å². The molecule has 1 rings (SSSR count). The maximum atomic E-state index is 12.2. The van der Waals surface area contributed by atoms with Crippen LogP contribution in [0.4, 0.5) is 0 Å². The van der Waals surface area contributed by atoms with Crippen molar-refractivity contribution in [3.8, 4) is 0 Å². The molecule has 0 aromatic carbocycles. The van der Waals surface area contributed by atoms with Gasteiger partial charge in [0, 0.05) is 26.2 Å². The van der Waals surface area contributed by atoms with E-state index in [-0.39, 0.29) is 11.9 Å². The number of nitrogens with two attached hydrogens (primary N) is 1. The number of nitrogens with zero attached hydrogens (tertiary/aromatic N) is 2. The second-order valence-corrected chi connectivity index (χ2v) is 6.59. The smallest absolute Gasteiger partial charge is 0.239 e. The van der Waals surface area contributed by atoms with Crippen LogP contribution in [-0.4, -0.2) is 54.5 Å². The van der Waals surface area contributed by atoms with Gasteiger partial charge in [-0.1, -0.05) is 27.7 Å². The van der Waals surface area contributed by atoms with E-state index >= 15 is 0 Å². The minimum absolute atomic E-state index is 0.136. The van der Waals surface area contributed by atoms with Crippen molar-refractivity contribution in [2.75, 3.05) is 32.7 Å². The fourth-order valence-corrected chi connectivity index (χ4v) is 2.48. The summed E-state index contributed by atoms with van der Waals surface area (Å²) in [5, 5.41) is 0. The van der Waals surface area contributed by atoms with E-state index in [2.05, 4.69) is 32.6 Å². The summed E-state index contributed by atoms with van der Waals surface area (Å²) < 4.78 is 0. The highest BCUT2D eigenvalue weighted by Crippen LogP contribution is 2.10. The molecule has 1 aliphatic heterocycles. The zero-order valence-corrected chi connectivity index (χ0v) is 13.1. The molecule has 1 fully saturated rings. The fraction of sp³-hybridized carbons (Fsp3) is 0.933. The molecular formula is C15H31N3O. The first-order valence-electron chi connectivity index (χ1n) is 7.67. The van der Waals surface area contributed by atoms with Gasteiger partial charge in [0.05, 0.1) is 6.04 Å². The maximum absolute atomic E-state index is 12.2. The molecule has 1 atom stereocenters. The topological polar surface area (TPSA) is 49.6 Å². The molecule has 1 amide bonds. The van der Waals surface area contributed by atoms with Gasteiger partial charge in [0.2, 0.25) is 5.91 Å². The molecule has 0 bridgehead atoms. The first-order chi connectivity index (χ1) is 8.90. The molecule has 112 valence electrons. The lowest BCUT2D eigenvalue weighted by molar-refractivity contribution is -0.134. The van der Waals surface area contributed by atoms with Crippen LogP contribution in [0.3, 0.4) is 0 Å². The Morgan fingerprint density at radius 3 is 2.11 bits per heavy atom. The summed E-state index contributed by atoms with van der Waals surface area (Å²) in [4.78, 5) is 16.6. The second-order valence-electron chi connectivity index (χ2n) is 6.59. The van der Waals surface area contributed by atoms with Gasteiger partial charge in [0.15, 0.2) is 0 Å². The van der Waals surface area contributed by atoms with E-state index in [1.807, 2.05) is 4.90 Å². The molecule has 1 aliphatic rings. The predicted octanol–water partition coefficient (Wildman–Crippen LogP) is 1.55. The van der Waals surface area contributed by atoms with E-state index in [1.54, 1.807) is 0 Å². The van der Waals surface area contributed by atoms with Gasteiger partial charge in [-0.3, -0.25) is 9.69 Å². The van der Waals surface area contributed by atoms with Crippen LogP contribution in [-0.2, 0) is 4.79 Å². The van der Waals surface area contributed by atoms with Crippen LogP contribution in [0.5, 0.6) is 0 Å². The van der Waals surface area contributed by atoms with Crippen molar-refractivity contribution in [2.24, 2.45) is 17.6 Å². The number of rotatable bonds is 6. The number of amides is 1. The van der Waals surface area contributed by atoms with Crippen LogP contribution in [0.2, 0.25) is 0 Å². The van der Waals surface area contributed by atoms with E-state index in [0.717, 1.165) is 45.1 Å². The summed E-state index contributed by atoms with van der Waals surface area (Å²) in [6, 6.07) is -0.317. The molecular weight excluding hydrogens is 238 g/mol. The molecule has 1 heterocycles. The van der Waals surface area contributed by atoms with Crippen molar-refractivity contribution in [1.82, 2.24) is 9.80 Å². The zero-order valence-electron chi connectivity index (χ0n) is 13.1. The van der Waals surface area contributed by atoms with Gasteiger partial charge in [-0.15, -0.1) is 0 Å². The van der Waals surface area contributed by atoms with Crippen molar-refractivity contribution >= 4 is 5.91 Å². The molecule has 0 aromatic rings. The van der Waals surface area contributed by atoms with E-state index < -0.39 is 0 Å². The summed E-state index contributed by atoms with van der Waals surface area (Å²) >= 11 is 0. The molecule has 4 heteroatoms. The van der Waals surface area contributed by atoms with Crippen molar-refractivity contribution in [3.05, 3.63) is 0 Å². The fourth-order valence-electron chi connectivity index (χ4n) is 2.48. The Morgan fingerprint density at radius 1 is 1.05 bits per heavy atom. The van der Waals surface area contributed by atoms with Crippen LogP contribution in [0.15, 0.2) is 0 Å². The maximum Gasteiger partial charge on any atom is 0.239 e. The molecule has 1 saturated heterocycles. The minimum atomic E-state index is -0.317. The van der Waals surface area contributed by atoms with E-state index in [9.17, 15) is 4.79 Å². The van der Waals surface area contributed by atoms with Gasteiger partial charge in [-0.05, 0) is 31.2 Å². The number of carbonyl (C=O) groups excluding carboxylic acids is 1. The number of hydrogen-bond donors (Lipinski definition) is 1. The molecule has 19 heavy (non-hydrogen) atoms. The molecule has 0 unspecified atom stereocenters. The molecule has 0 aliphatic carbocycles. The largest absolute Gasteiger partial charge is 0.339 e. The van der Waals surface area contributed by atoms with E-state index in [0.29, 0.717) is 5.92 Å². The average molecular weight is 269 g/mol. The van der Waals surface area contributed by atoms with Gasteiger partial charge in [0.1, 0.15) is 0 Å². The summed E-state index contributed by atoms with van der Waals surface area (Å²) in [7, 11) is 0. The number of hydrogen-bond acceptors (Lipinski definition) is 3. The SMILES string of the molecule is CC(C)CCN1CCN(C(=O)[C@H](N)CC(C)C)CC1. The second kappa shape index (κ2) is 7.85. The van der Waals surface area contributed by atoms with Crippen LogP contribution < -0.4 is 5.73 Å². The van der Waals surface area contributed by atoms with Crippen molar-refractivity contribution in [3.63, 3.8) is 0 Å². The third-order valence-electron chi connectivity index (χ3n) is 3.75. The lowest BCUT2D eigenvalue weighted by atomic mass is 10.0. The third kappa shape index (κ3) is 5.91. The summed E-state index contributed by atoms with van der Waals surface area (Å²) in [6.45, 7) is 13.5.